The molecule has 0 spiro atoms. The monoisotopic (exact) mass is 264 g/mol. The maximum absolute atomic E-state index is 13.6. The van der Waals surface area contributed by atoms with Gasteiger partial charge in [0.25, 0.3) is 0 Å². The van der Waals surface area contributed by atoms with Crippen molar-refractivity contribution in [1.29, 1.82) is 0 Å². The van der Waals surface area contributed by atoms with E-state index in [4.69, 9.17) is 16.3 Å². The fourth-order valence-electron chi connectivity index (χ4n) is 1.52. The van der Waals surface area contributed by atoms with Crippen molar-refractivity contribution in [3.63, 3.8) is 0 Å². The Morgan fingerprint density at radius 2 is 1.94 bits per heavy atom. The molecule has 0 unspecified atom stereocenters. The van der Waals surface area contributed by atoms with Gasteiger partial charge in [0.15, 0.2) is 11.6 Å². The molecule has 0 aliphatic rings. The molecular formula is C14H10ClFO2. The maximum atomic E-state index is 13.6. The molecule has 4 heteroatoms. The second-order valence-electron chi connectivity index (χ2n) is 3.71. The molecule has 0 fully saturated rings. The number of hydrogen-bond donors (Lipinski definition) is 0. The normalized spacial score (nSPS) is 10.1. The van der Waals surface area contributed by atoms with Crippen molar-refractivity contribution in [2.45, 2.75) is 6.61 Å². The van der Waals surface area contributed by atoms with Crippen molar-refractivity contribution >= 4 is 17.9 Å². The first-order valence-electron chi connectivity index (χ1n) is 5.31. The first kappa shape index (κ1) is 12.6. The summed E-state index contributed by atoms with van der Waals surface area (Å²) >= 11 is 5.86. The molecule has 0 bridgehead atoms. The van der Waals surface area contributed by atoms with E-state index in [1.807, 2.05) is 30.3 Å². The van der Waals surface area contributed by atoms with Crippen LogP contribution in [0, 0.1) is 5.82 Å². The summed E-state index contributed by atoms with van der Waals surface area (Å²) < 4.78 is 19.0. The number of aldehydes is 1. The van der Waals surface area contributed by atoms with E-state index >= 15 is 0 Å². The highest BCUT2D eigenvalue weighted by atomic mass is 35.5. The first-order valence-corrected chi connectivity index (χ1v) is 5.69. The van der Waals surface area contributed by atoms with Crippen molar-refractivity contribution in [2.75, 3.05) is 0 Å². The average Bonchev–Trinajstić information content (AvgIpc) is 2.38. The Labute approximate surface area is 109 Å². The van der Waals surface area contributed by atoms with Gasteiger partial charge in [-0.25, -0.2) is 4.39 Å². The Kier molecular flexibility index (Phi) is 3.95. The minimum absolute atomic E-state index is 0.0360. The van der Waals surface area contributed by atoms with Crippen LogP contribution in [-0.2, 0) is 6.61 Å². The number of halogens is 2. The fraction of sp³-hybridized carbons (Fsp3) is 0.0714. The van der Waals surface area contributed by atoms with Crippen LogP contribution in [0.2, 0.25) is 5.02 Å². The van der Waals surface area contributed by atoms with Crippen molar-refractivity contribution in [2.24, 2.45) is 0 Å². The molecule has 0 radical (unpaired) electrons. The minimum atomic E-state index is -0.638. The van der Waals surface area contributed by atoms with E-state index in [2.05, 4.69) is 0 Å². The van der Waals surface area contributed by atoms with Crippen molar-refractivity contribution in [3.8, 4) is 5.75 Å². The van der Waals surface area contributed by atoms with E-state index in [0.29, 0.717) is 6.29 Å². The van der Waals surface area contributed by atoms with Crippen LogP contribution in [0.4, 0.5) is 4.39 Å². The summed E-state index contributed by atoms with van der Waals surface area (Å²) in [5, 5.41) is 0.0908. The standard InChI is InChI=1S/C14H10ClFO2/c15-12-6-11(8-17)7-13(16)14(12)18-9-10-4-2-1-3-5-10/h1-8H,9H2. The molecule has 0 aliphatic heterocycles. The second-order valence-corrected chi connectivity index (χ2v) is 4.11. The Morgan fingerprint density at radius 1 is 1.22 bits per heavy atom. The molecule has 2 aromatic carbocycles. The molecule has 0 aromatic heterocycles. The third kappa shape index (κ3) is 2.87. The summed E-state index contributed by atoms with van der Waals surface area (Å²) in [6.07, 6.45) is 0.538. The molecule has 2 aromatic rings. The Balaban J connectivity index is 2.17. The predicted octanol–water partition coefficient (Wildman–Crippen LogP) is 3.87. The van der Waals surface area contributed by atoms with Gasteiger partial charge in [0.05, 0.1) is 5.02 Å². The van der Waals surface area contributed by atoms with Gasteiger partial charge < -0.3 is 4.74 Å². The van der Waals surface area contributed by atoms with Crippen molar-refractivity contribution in [1.82, 2.24) is 0 Å². The van der Waals surface area contributed by atoms with Crippen LogP contribution < -0.4 is 4.74 Å². The zero-order chi connectivity index (χ0) is 13.0. The van der Waals surface area contributed by atoms with Crippen LogP contribution in [-0.4, -0.2) is 6.29 Å². The molecule has 0 heterocycles. The van der Waals surface area contributed by atoms with Gasteiger partial charge in [-0.15, -0.1) is 0 Å². The molecule has 0 N–H and O–H groups in total. The SMILES string of the molecule is O=Cc1cc(F)c(OCc2ccccc2)c(Cl)c1. The van der Waals surface area contributed by atoms with Crippen LogP contribution in [0.5, 0.6) is 5.75 Å². The quantitative estimate of drug-likeness (QED) is 0.784. The average molecular weight is 265 g/mol. The zero-order valence-electron chi connectivity index (χ0n) is 9.40. The Morgan fingerprint density at radius 3 is 2.56 bits per heavy atom. The van der Waals surface area contributed by atoms with E-state index in [-0.39, 0.29) is 22.9 Å². The molecule has 0 atom stereocenters. The molecule has 2 nitrogen and oxygen atoms in total. The van der Waals surface area contributed by atoms with Crippen molar-refractivity contribution in [3.05, 3.63) is 64.4 Å². The number of carbonyl (C=O) groups is 1. The van der Waals surface area contributed by atoms with Gasteiger partial charge in [0.1, 0.15) is 12.9 Å². The largest absolute Gasteiger partial charge is 0.484 e. The molecule has 0 saturated heterocycles. The van der Waals surface area contributed by atoms with Gasteiger partial charge in [0.2, 0.25) is 0 Å². The summed E-state index contributed by atoms with van der Waals surface area (Å²) in [4.78, 5) is 10.5. The molecule has 92 valence electrons. The van der Waals surface area contributed by atoms with Gasteiger partial charge in [-0.1, -0.05) is 41.9 Å². The first-order chi connectivity index (χ1) is 8.70. The molecular weight excluding hydrogens is 255 g/mol. The fourth-order valence-corrected chi connectivity index (χ4v) is 1.79. The van der Waals surface area contributed by atoms with Gasteiger partial charge in [-0.05, 0) is 17.7 Å². The lowest BCUT2D eigenvalue weighted by Gasteiger charge is -2.09. The van der Waals surface area contributed by atoms with Crippen molar-refractivity contribution < 1.29 is 13.9 Å². The zero-order valence-corrected chi connectivity index (χ0v) is 10.2. The maximum Gasteiger partial charge on any atom is 0.174 e. The number of carbonyl (C=O) groups excluding carboxylic acids is 1. The Hall–Kier alpha value is -1.87. The topological polar surface area (TPSA) is 26.3 Å². The highest BCUT2D eigenvalue weighted by Gasteiger charge is 2.11. The van der Waals surface area contributed by atoms with E-state index in [9.17, 15) is 9.18 Å². The van der Waals surface area contributed by atoms with Gasteiger partial charge in [-0.2, -0.15) is 0 Å². The summed E-state index contributed by atoms with van der Waals surface area (Å²) in [6.45, 7) is 0.220. The van der Waals surface area contributed by atoms with E-state index < -0.39 is 5.82 Å². The smallest absolute Gasteiger partial charge is 0.174 e. The van der Waals surface area contributed by atoms with E-state index in [0.717, 1.165) is 11.6 Å². The lowest BCUT2D eigenvalue weighted by atomic mass is 10.2. The summed E-state index contributed by atoms with van der Waals surface area (Å²) in [7, 11) is 0. The van der Waals surface area contributed by atoms with Crippen LogP contribution in [0.3, 0.4) is 0 Å². The third-order valence-corrected chi connectivity index (χ3v) is 2.66. The van der Waals surface area contributed by atoms with E-state index in [1.54, 1.807) is 0 Å². The minimum Gasteiger partial charge on any atom is -0.484 e. The predicted molar refractivity (Wildman–Crippen MR) is 67.6 cm³/mol. The van der Waals surface area contributed by atoms with Gasteiger partial charge in [0, 0.05) is 5.56 Å². The number of ether oxygens (including phenoxy) is 1. The Bertz CT molecular complexity index is 532. The highest BCUT2D eigenvalue weighted by molar-refractivity contribution is 6.32. The van der Waals surface area contributed by atoms with Crippen LogP contribution >= 0.6 is 11.6 Å². The molecule has 0 aliphatic carbocycles. The molecule has 0 saturated carbocycles. The number of benzene rings is 2. The van der Waals surface area contributed by atoms with Crippen LogP contribution in [0.15, 0.2) is 42.5 Å². The lowest BCUT2D eigenvalue weighted by Crippen LogP contribution is -1.99. The number of rotatable bonds is 4. The second kappa shape index (κ2) is 5.65. The molecule has 18 heavy (non-hydrogen) atoms. The van der Waals surface area contributed by atoms with Gasteiger partial charge in [-0.3, -0.25) is 4.79 Å². The van der Waals surface area contributed by atoms with E-state index in [1.165, 1.54) is 6.07 Å². The number of hydrogen-bond acceptors (Lipinski definition) is 2. The third-order valence-electron chi connectivity index (χ3n) is 2.38. The summed E-state index contributed by atoms with van der Waals surface area (Å²) in [6, 6.07) is 11.8. The van der Waals surface area contributed by atoms with Crippen LogP contribution in [0.1, 0.15) is 15.9 Å². The van der Waals surface area contributed by atoms with Gasteiger partial charge >= 0.3 is 0 Å². The summed E-state index contributed by atoms with van der Waals surface area (Å²) in [5.74, 6) is -0.674. The highest BCUT2D eigenvalue weighted by Crippen LogP contribution is 2.29. The summed E-state index contributed by atoms with van der Waals surface area (Å²) in [5.41, 5.74) is 1.09. The lowest BCUT2D eigenvalue weighted by molar-refractivity contribution is 0.112. The van der Waals surface area contributed by atoms with Crippen LogP contribution in [0.25, 0.3) is 0 Å². The molecule has 2 rings (SSSR count). The molecule has 0 amide bonds.